The largest absolute Gasteiger partial charge is 0.427 e. The van der Waals surface area contributed by atoms with E-state index >= 15 is 0 Å². The molecule has 3 heterocycles. The van der Waals surface area contributed by atoms with Crippen LogP contribution in [0.25, 0.3) is 39.1 Å². The molecule has 0 bridgehead atoms. The van der Waals surface area contributed by atoms with Crippen LogP contribution in [-0.4, -0.2) is 36.3 Å². The lowest BCUT2D eigenvalue weighted by Gasteiger charge is -2.49. The molecule has 1 saturated carbocycles. The average molecular weight is 494 g/mol. The topological polar surface area (TPSA) is 116 Å². The number of esters is 1. The van der Waals surface area contributed by atoms with Gasteiger partial charge in [0.15, 0.2) is 11.3 Å². The predicted molar refractivity (Wildman–Crippen MR) is 141 cm³/mol. The van der Waals surface area contributed by atoms with Gasteiger partial charge in [-0.25, -0.2) is 9.97 Å². The highest BCUT2D eigenvalue weighted by Gasteiger charge is 2.49. The van der Waals surface area contributed by atoms with Crippen LogP contribution in [0.1, 0.15) is 37.9 Å². The lowest BCUT2D eigenvalue weighted by Crippen LogP contribution is -2.58. The number of ether oxygens (including phenoxy) is 1. The van der Waals surface area contributed by atoms with Gasteiger partial charge in [0, 0.05) is 41.2 Å². The molecule has 3 aromatic heterocycles. The van der Waals surface area contributed by atoms with E-state index in [-0.39, 0.29) is 5.97 Å². The van der Waals surface area contributed by atoms with E-state index in [2.05, 4.69) is 16.1 Å². The number of benzene rings is 2. The van der Waals surface area contributed by atoms with E-state index in [1.807, 2.05) is 62.5 Å². The van der Waals surface area contributed by atoms with Gasteiger partial charge in [0.05, 0.1) is 17.0 Å². The van der Waals surface area contributed by atoms with Crippen LogP contribution in [-0.2, 0) is 10.3 Å². The van der Waals surface area contributed by atoms with Crippen LogP contribution < -0.4 is 10.5 Å². The maximum absolute atomic E-state index is 11.4. The molecule has 0 amide bonds. The quantitative estimate of drug-likeness (QED) is 0.279. The van der Waals surface area contributed by atoms with Crippen molar-refractivity contribution in [3.63, 3.8) is 0 Å². The highest BCUT2D eigenvalue weighted by molar-refractivity contribution is 5.91. The Balaban J connectivity index is 1.49. The van der Waals surface area contributed by atoms with Crippen molar-refractivity contribution < 1.29 is 14.6 Å². The lowest BCUT2D eigenvalue weighted by atomic mass is 9.63. The number of nitrogens with two attached hydrogens (primary N) is 1. The standard InChI is InChI=1S/C29H27N5O3/c1-17-12-25-31-14-21-13-24(19-6-10-23(11-7-19)37-18(2)35)26(32-27(21)34(25)33-17)20-4-8-22(9-5-20)29(30)15-28(3,36)16-29/h4-14,36H,15-16,30H2,1-3H3. The first-order chi connectivity index (χ1) is 17.6. The Morgan fingerprint density at radius 3 is 2.38 bits per heavy atom. The zero-order valence-electron chi connectivity index (χ0n) is 20.9. The van der Waals surface area contributed by atoms with E-state index < -0.39 is 11.1 Å². The number of carbonyl (C=O) groups excluding carboxylic acids is 1. The summed E-state index contributed by atoms with van der Waals surface area (Å²) in [6, 6.07) is 19.4. The Bertz CT molecular complexity index is 1660. The number of hydrogen-bond acceptors (Lipinski definition) is 7. The van der Waals surface area contributed by atoms with Gasteiger partial charge < -0.3 is 15.6 Å². The van der Waals surface area contributed by atoms with Crippen molar-refractivity contribution in [1.82, 2.24) is 19.6 Å². The fourth-order valence-electron chi connectivity index (χ4n) is 5.43. The number of fused-ring (bicyclic) bond motifs is 3. The third-order valence-corrected chi connectivity index (χ3v) is 6.93. The molecule has 0 saturated heterocycles. The minimum atomic E-state index is -0.722. The molecule has 3 N–H and O–H groups in total. The second kappa shape index (κ2) is 8.19. The minimum Gasteiger partial charge on any atom is -0.427 e. The minimum absolute atomic E-state index is 0.365. The number of carbonyl (C=O) groups is 1. The van der Waals surface area contributed by atoms with Gasteiger partial charge in [-0.15, -0.1) is 0 Å². The molecule has 2 aromatic carbocycles. The summed E-state index contributed by atoms with van der Waals surface area (Å²) in [6.07, 6.45) is 2.86. The molecule has 0 unspecified atom stereocenters. The van der Waals surface area contributed by atoms with Gasteiger partial charge in [-0.2, -0.15) is 9.61 Å². The number of nitrogens with zero attached hydrogens (tertiary/aromatic N) is 4. The number of aromatic nitrogens is 4. The average Bonchev–Trinajstić information content (AvgIpc) is 3.23. The number of rotatable bonds is 4. The van der Waals surface area contributed by atoms with E-state index in [4.69, 9.17) is 15.5 Å². The Kier molecular flexibility index (Phi) is 5.15. The zero-order valence-corrected chi connectivity index (χ0v) is 20.9. The van der Waals surface area contributed by atoms with Gasteiger partial charge in [0.1, 0.15) is 5.75 Å². The van der Waals surface area contributed by atoms with Crippen LogP contribution in [0.3, 0.4) is 0 Å². The van der Waals surface area contributed by atoms with Crippen molar-refractivity contribution in [2.45, 2.75) is 44.8 Å². The van der Waals surface area contributed by atoms with E-state index in [0.29, 0.717) is 24.2 Å². The molecule has 1 aliphatic rings. The summed E-state index contributed by atoms with van der Waals surface area (Å²) in [5.74, 6) is 0.118. The van der Waals surface area contributed by atoms with Crippen LogP contribution in [0.15, 0.2) is 66.9 Å². The second-order valence-electron chi connectivity index (χ2n) is 10.3. The third-order valence-electron chi connectivity index (χ3n) is 6.93. The molecule has 0 atom stereocenters. The van der Waals surface area contributed by atoms with Crippen molar-refractivity contribution in [2.24, 2.45) is 5.73 Å². The molecule has 1 fully saturated rings. The number of pyridine rings is 1. The van der Waals surface area contributed by atoms with Crippen LogP contribution in [0.2, 0.25) is 0 Å². The molecule has 8 nitrogen and oxygen atoms in total. The highest BCUT2D eigenvalue weighted by Crippen LogP contribution is 2.46. The predicted octanol–water partition coefficient (Wildman–Crippen LogP) is 4.54. The molecular formula is C29H27N5O3. The van der Waals surface area contributed by atoms with Gasteiger partial charge in [-0.05, 0) is 56.0 Å². The molecule has 0 spiro atoms. The SMILES string of the molecule is CC(=O)Oc1ccc(-c2cc3cnc4cc(C)nn4c3nc2-c2ccc(C3(N)CC(C)(O)C3)cc2)cc1. The Morgan fingerprint density at radius 1 is 1.05 bits per heavy atom. The Labute approximate surface area is 213 Å². The molecule has 37 heavy (non-hydrogen) atoms. The van der Waals surface area contributed by atoms with Crippen LogP contribution in [0, 0.1) is 6.92 Å². The molecule has 0 aliphatic heterocycles. The fraction of sp³-hybridized carbons (Fsp3) is 0.241. The summed E-state index contributed by atoms with van der Waals surface area (Å²) in [7, 11) is 0. The summed E-state index contributed by atoms with van der Waals surface area (Å²) < 4.78 is 6.98. The van der Waals surface area contributed by atoms with Crippen LogP contribution in [0.4, 0.5) is 0 Å². The van der Waals surface area contributed by atoms with Crippen LogP contribution >= 0.6 is 0 Å². The van der Waals surface area contributed by atoms with Gasteiger partial charge in [0.25, 0.3) is 0 Å². The normalized spacial score (nSPS) is 21.2. The van der Waals surface area contributed by atoms with Crippen LogP contribution in [0.5, 0.6) is 5.75 Å². The molecular weight excluding hydrogens is 466 g/mol. The molecule has 8 heteroatoms. The highest BCUT2D eigenvalue weighted by atomic mass is 16.5. The van der Waals surface area contributed by atoms with Gasteiger partial charge in [0.2, 0.25) is 0 Å². The van der Waals surface area contributed by atoms with Crippen molar-refractivity contribution in [3.8, 4) is 28.1 Å². The smallest absolute Gasteiger partial charge is 0.308 e. The maximum atomic E-state index is 11.4. The number of hydrogen-bond donors (Lipinski definition) is 2. The van der Waals surface area contributed by atoms with E-state index in [9.17, 15) is 9.90 Å². The van der Waals surface area contributed by atoms with Crippen molar-refractivity contribution in [3.05, 3.63) is 78.1 Å². The fourth-order valence-corrected chi connectivity index (χ4v) is 5.43. The number of aryl methyl sites for hydroxylation is 1. The number of aliphatic hydroxyl groups is 1. The molecule has 5 aromatic rings. The summed E-state index contributed by atoms with van der Waals surface area (Å²) in [5.41, 5.74) is 12.2. The lowest BCUT2D eigenvalue weighted by molar-refractivity contribution is -0.131. The van der Waals surface area contributed by atoms with E-state index in [1.54, 1.807) is 16.6 Å². The second-order valence-corrected chi connectivity index (χ2v) is 10.3. The molecule has 0 radical (unpaired) electrons. The third kappa shape index (κ3) is 4.14. The van der Waals surface area contributed by atoms with Gasteiger partial charge >= 0.3 is 5.97 Å². The van der Waals surface area contributed by atoms with E-state index in [1.165, 1.54) is 6.92 Å². The molecule has 1 aliphatic carbocycles. The van der Waals surface area contributed by atoms with Crippen molar-refractivity contribution in [2.75, 3.05) is 0 Å². The van der Waals surface area contributed by atoms with Crippen molar-refractivity contribution >= 4 is 22.6 Å². The van der Waals surface area contributed by atoms with E-state index in [0.717, 1.165) is 44.7 Å². The Morgan fingerprint density at radius 2 is 1.73 bits per heavy atom. The molecule has 186 valence electrons. The summed E-state index contributed by atoms with van der Waals surface area (Å²) in [6.45, 7) is 5.13. The maximum Gasteiger partial charge on any atom is 0.308 e. The first-order valence-corrected chi connectivity index (χ1v) is 12.2. The van der Waals surface area contributed by atoms with Gasteiger partial charge in [-0.3, -0.25) is 4.79 Å². The summed E-state index contributed by atoms with van der Waals surface area (Å²) in [4.78, 5) is 21.0. The first-order valence-electron chi connectivity index (χ1n) is 12.2. The monoisotopic (exact) mass is 493 g/mol. The Hall–Kier alpha value is -4.14. The zero-order chi connectivity index (χ0) is 25.9. The summed E-state index contributed by atoms with van der Waals surface area (Å²) in [5, 5.41) is 15.7. The molecule has 6 rings (SSSR count). The summed E-state index contributed by atoms with van der Waals surface area (Å²) >= 11 is 0. The first kappa shape index (κ1) is 23.3. The van der Waals surface area contributed by atoms with Crippen molar-refractivity contribution in [1.29, 1.82) is 0 Å². The van der Waals surface area contributed by atoms with Gasteiger partial charge in [-0.1, -0.05) is 36.4 Å².